The highest BCUT2D eigenvalue weighted by Crippen LogP contribution is 2.34. The Balaban J connectivity index is 2.34. The molecular formula is C13H29N3O2S. The van der Waals surface area contributed by atoms with Gasteiger partial charge in [0.15, 0.2) is 0 Å². The lowest BCUT2D eigenvalue weighted by Gasteiger charge is -2.22. The summed E-state index contributed by atoms with van der Waals surface area (Å²) in [7, 11) is -1.67. The van der Waals surface area contributed by atoms with Crippen LogP contribution in [0.5, 0.6) is 0 Å². The van der Waals surface area contributed by atoms with Crippen molar-refractivity contribution >= 4 is 10.2 Å². The molecule has 1 atom stereocenters. The molecule has 6 heteroatoms. The molecule has 1 aliphatic carbocycles. The maximum absolute atomic E-state index is 12.2. The molecule has 0 spiro atoms. The van der Waals surface area contributed by atoms with Gasteiger partial charge in [0, 0.05) is 19.6 Å². The fourth-order valence-electron chi connectivity index (χ4n) is 2.08. The van der Waals surface area contributed by atoms with Gasteiger partial charge in [-0.1, -0.05) is 26.7 Å². The quantitative estimate of drug-likeness (QED) is 0.565. The van der Waals surface area contributed by atoms with Crippen LogP contribution in [0.4, 0.5) is 0 Å². The molecule has 0 aliphatic heterocycles. The van der Waals surface area contributed by atoms with Gasteiger partial charge in [-0.3, -0.25) is 0 Å². The van der Waals surface area contributed by atoms with Crippen molar-refractivity contribution in [1.29, 1.82) is 0 Å². The van der Waals surface area contributed by atoms with Gasteiger partial charge in [-0.15, -0.1) is 0 Å². The Kier molecular flexibility index (Phi) is 7.28. The van der Waals surface area contributed by atoms with Gasteiger partial charge >= 0.3 is 0 Å². The maximum Gasteiger partial charge on any atom is 0.279 e. The lowest BCUT2D eigenvalue weighted by atomic mass is 10.1. The van der Waals surface area contributed by atoms with Crippen LogP contribution in [0.3, 0.4) is 0 Å². The van der Waals surface area contributed by atoms with E-state index >= 15 is 0 Å². The number of rotatable bonds is 11. The zero-order valence-electron chi connectivity index (χ0n) is 12.5. The van der Waals surface area contributed by atoms with Gasteiger partial charge in [-0.2, -0.15) is 17.4 Å². The second-order valence-electron chi connectivity index (χ2n) is 5.44. The lowest BCUT2D eigenvalue weighted by Crippen LogP contribution is -2.44. The molecule has 0 aromatic heterocycles. The highest BCUT2D eigenvalue weighted by Gasteiger charge is 2.28. The van der Waals surface area contributed by atoms with Crippen LogP contribution in [0, 0.1) is 5.92 Å². The van der Waals surface area contributed by atoms with Crippen molar-refractivity contribution < 1.29 is 8.42 Å². The standard InChI is InChI=1S/C13H29N3O2S/c1-4-13(11-12-7-8-12)15-19(17,18)16(3)10-6-9-14-5-2/h12-15H,4-11H2,1-3H3. The van der Waals surface area contributed by atoms with Crippen LogP contribution < -0.4 is 10.0 Å². The minimum absolute atomic E-state index is 0.0914. The number of hydrogen-bond acceptors (Lipinski definition) is 3. The van der Waals surface area contributed by atoms with Gasteiger partial charge in [0.05, 0.1) is 0 Å². The second-order valence-corrected chi connectivity index (χ2v) is 7.24. The Hall–Kier alpha value is -0.170. The predicted octanol–water partition coefficient (Wildman–Crippen LogP) is 1.33. The molecule has 114 valence electrons. The van der Waals surface area contributed by atoms with Crippen LogP contribution in [0.2, 0.25) is 0 Å². The van der Waals surface area contributed by atoms with Crippen LogP contribution in [-0.4, -0.2) is 45.4 Å². The summed E-state index contributed by atoms with van der Waals surface area (Å²) in [6.45, 7) is 6.43. The average Bonchev–Trinajstić information content (AvgIpc) is 3.17. The molecule has 2 N–H and O–H groups in total. The molecule has 5 nitrogen and oxygen atoms in total. The maximum atomic E-state index is 12.2. The van der Waals surface area contributed by atoms with Crippen LogP contribution in [0.25, 0.3) is 0 Å². The van der Waals surface area contributed by atoms with Crippen molar-refractivity contribution in [3.8, 4) is 0 Å². The van der Waals surface area contributed by atoms with E-state index in [4.69, 9.17) is 0 Å². The second kappa shape index (κ2) is 8.19. The van der Waals surface area contributed by atoms with Crippen molar-refractivity contribution in [2.24, 2.45) is 5.92 Å². The van der Waals surface area contributed by atoms with Crippen LogP contribution >= 0.6 is 0 Å². The SMILES string of the molecule is CCNCCCN(C)S(=O)(=O)NC(CC)CC1CC1. The van der Waals surface area contributed by atoms with Crippen LogP contribution in [0.1, 0.15) is 46.0 Å². The minimum atomic E-state index is -3.32. The Morgan fingerprint density at radius 3 is 2.53 bits per heavy atom. The molecule has 0 bridgehead atoms. The summed E-state index contributed by atoms with van der Waals surface area (Å²) < 4.78 is 28.6. The fraction of sp³-hybridized carbons (Fsp3) is 1.00. The van der Waals surface area contributed by atoms with E-state index in [0.717, 1.165) is 38.3 Å². The van der Waals surface area contributed by atoms with E-state index in [1.165, 1.54) is 17.1 Å². The summed E-state index contributed by atoms with van der Waals surface area (Å²) >= 11 is 0. The van der Waals surface area contributed by atoms with Crippen LogP contribution in [0.15, 0.2) is 0 Å². The van der Waals surface area contributed by atoms with Crippen molar-refractivity contribution in [1.82, 2.24) is 14.3 Å². The molecular weight excluding hydrogens is 262 g/mol. The Bertz CT molecular complexity index is 342. The first-order valence-corrected chi connectivity index (χ1v) is 8.87. The van der Waals surface area contributed by atoms with Crippen molar-refractivity contribution in [3.05, 3.63) is 0 Å². The average molecular weight is 291 g/mol. The van der Waals surface area contributed by atoms with Gasteiger partial charge in [0.1, 0.15) is 0 Å². The summed E-state index contributed by atoms with van der Waals surface area (Å²) in [5, 5.41) is 3.20. The zero-order chi connectivity index (χ0) is 14.3. The summed E-state index contributed by atoms with van der Waals surface area (Å²) in [4.78, 5) is 0. The largest absolute Gasteiger partial charge is 0.317 e. The molecule has 19 heavy (non-hydrogen) atoms. The Morgan fingerprint density at radius 2 is 2.00 bits per heavy atom. The highest BCUT2D eigenvalue weighted by atomic mass is 32.2. The minimum Gasteiger partial charge on any atom is -0.317 e. The topological polar surface area (TPSA) is 61.4 Å². The predicted molar refractivity (Wildman–Crippen MR) is 79.3 cm³/mol. The molecule has 1 saturated carbocycles. The molecule has 1 fully saturated rings. The first-order valence-electron chi connectivity index (χ1n) is 7.43. The van der Waals surface area contributed by atoms with E-state index in [2.05, 4.69) is 10.0 Å². The van der Waals surface area contributed by atoms with E-state index < -0.39 is 10.2 Å². The van der Waals surface area contributed by atoms with Crippen molar-refractivity contribution in [2.45, 2.75) is 52.0 Å². The van der Waals surface area contributed by atoms with E-state index in [9.17, 15) is 8.42 Å². The first kappa shape index (κ1) is 16.9. The molecule has 0 amide bonds. The first-order chi connectivity index (χ1) is 8.99. The van der Waals surface area contributed by atoms with Gasteiger partial charge in [-0.05, 0) is 38.3 Å². The molecule has 1 rings (SSSR count). The van der Waals surface area contributed by atoms with Crippen LogP contribution in [-0.2, 0) is 10.2 Å². The van der Waals surface area contributed by atoms with E-state index in [1.807, 2.05) is 13.8 Å². The fourth-order valence-corrected chi connectivity index (χ4v) is 3.31. The smallest absolute Gasteiger partial charge is 0.279 e. The number of nitrogens with one attached hydrogen (secondary N) is 2. The van der Waals surface area contributed by atoms with E-state index in [1.54, 1.807) is 7.05 Å². The zero-order valence-corrected chi connectivity index (χ0v) is 13.3. The Morgan fingerprint density at radius 1 is 1.32 bits per heavy atom. The van der Waals surface area contributed by atoms with E-state index in [-0.39, 0.29) is 6.04 Å². The van der Waals surface area contributed by atoms with Gasteiger partial charge < -0.3 is 5.32 Å². The molecule has 1 unspecified atom stereocenters. The Labute approximate surface area is 118 Å². The summed E-state index contributed by atoms with van der Waals surface area (Å²) in [6.07, 6.45) is 5.21. The van der Waals surface area contributed by atoms with Crippen molar-refractivity contribution in [2.75, 3.05) is 26.7 Å². The van der Waals surface area contributed by atoms with Crippen molar-refractivity contribution in [3.63, 3.8) is 0 Å². The molecule has 1 aliphatic rings. The van der Waals surface area contributed by atoms with Gasteiger partial charge in [-0.25, -0.2) is 0 Å². The third-order valence-electron chi connectivity index (χ3n) is 3.61. The van der Waals surface area contributed by atoms with Gasteiger partial charge in [0.25, 0.3) is 10.2 Å². The summed E-state index contributed by atoms with van der Waals surface area (Å²) in [5.41, 5.74) is 0. The normalized spacial score (nSPS) is 17.9. The molecule has 0 aromatic carbocycles. The third-order valence-corrected chi connectivity index (χ3v) is 5.24. The highest BCUT2D eigenvalue weighted by molar-refractivity contribution is 7.87. The molecule has 0 radical (unpaired) electrons. The molecule has 0 saturated heterocycles. The number of nitrogens with zero attached hydrogens (tertiary/aromatic N) is 1. The summed E-state index contributed by atoms with van der Waals surface area (Å²) in [5.74, 6) is 0.742. The third kappa shape index (κ3) is 6.70. The number of hydrogen-bond donors (Lipinski definition) is 2. The lowest BCUT2D eigenvalue weighted by molar-refractivity contribution is 0.423. The van der Waals surface area contributed by atoms with Gasteiger partial charge in [0.2, 0.25) is 0 Å². The monoisotopic (exact) mass is 291 g/mol. The van der Waals surface area contributed by atoms with E-state index in [0.29, 0.717) is 6.54 Å². The molecule has 0 aromatic rings. The summed E-state index contributed by atoms with van der Waals surface area (Å²) in [6, 6.07) is 0.0914. The molecule has 0 heterocycles.